The third-order valence-electron chi connectivity index (χ3n) is 5.29. The molecule has 1 aliphatic carbocycles. The van der Waals surface area contributed by atoms with E-state index in [1.165, 1.54) is 12.8 Å². The van der Waals surface area contributed by atoms with Crippen molar-refractivity contribution in [2.75, 3.05) is 6.54 Å². The first-order valence-corrected chi connectivity index (χ1v) is 8.40. The van der Waals surface area contributed by atoms with Gasteiger partial charge >= 0.3 is 0 Å². The number of carbonyl (C=O) groups is 1. The van der Waals surface area contributed by atoms with Gasteiger partial charge in [0.2, 0.25) is 5.91 Å². The monoisotopic (exact) mass is 280 g/mol. The molecule has 2 aliphatic rings. The summed E-state index contributed by atoms with van der Waals surface area (Å²) in [6.45, 7) is 10.2. The third-order valence-corrected chi connectivity index (χ3v) is 5.29. The van der Waals surface area contributed by atoms with Crippen LogP contribution in [0.2, 0.25) is 0 Å². The molecule has 0 radical (unpaired) electrons. The summed E-state index contributed by atoms with van der Waals surface area (Å²) >= 11 is 0. The van der Waals surface area contributed by atoms with Crippen molar-refractivity contribution in [3.8, 4) is 0 Å². The molecule has 2 unspecified atom stereocenters. The normalized spacial score (nSPS) is 35.6. The molecule has 20 heavy (non-hydrogen) atoms. The minimum atomic E-state index is 0.263. The Bertz CT molecular complexity index is 326. The predicted molar refractivity (Wildman–Crippen MR) is 83.5 cm³/mol. The van der Waals surface area contributed by atoms with Crippen LogP contribution in [0.5, 0.6) is 0 Å². The van der Waals surface area contributed by atoms with Crippen LogP contribution in [0.25, 0.3) is 0 Å². The fourth-order valence-corrected chi connectivity index (χ4v) is 3.80. The highest BCUT2D eigenvalue weighted by Crippen LogP contribution is 2.39. The number of carbonyl (C=O) groups excluding carboxylic acids is 1. The van der Waals surface area contributed by atoms with Crippen LogP contribution in [-0.4, -0.2) is 24.5 Å². The van der Waals surface area contributed by atoms with Crippen molar-refractivity contribution in [1.29, 1.82) is 0 Å². The molecule has 3 heteroatoms. The zero-order chi connectivity index (χ0) is 14.8. The second kappa shape index (κ2) is 6.46. The summed E-state index contributed by atoms with van der Waals surface area (Å²) in [4.78, 5) is 12.4. The molecule has 2 atom stereocenters. The van der Waals surface area contributed by atoms with E-state index in [1.807, 2.05) is 0 Å². The Morgan fingerprint density at radius 2 is 1.75 bits per heavy atom. The van der Waals surface area contributed by atoms with E-state index < -0.39 is 0 Å². The van der Waals surface area contributed by atoms with E-state index >= 15 is 0 Å². The Hall–Kier alpha value is -0.570. The zero-order valence-electron chi connectivity index (χ0n) is 13.7. The van der Waals surface area contributed by atoms with Gasteiger partial charge < -0.3 is 10.6 Å². The van der Waals surface area contributed by atoms with E-state index in [2.05, 4.69) is 38.3 Å². The molecule has 1 heterocycles. The Morgan fingerprint density at radius 3 is 2.30 bits per heavy atom. The summed E-state index contributed by atoms with van der Waals surface area (Å²) in [6.07, 6.45) is 6.73. The molecule has 2 fully saturated rings. The topological polar surface area (TPSA) is 41.1 Å². The quantitative estimate of drug-likeness (QED) is 0.816. The van der Waals surface area contributed by atoms with Crippen molar-refractivity contribution in [3.05, 3.63) is 0 Å². The second-order valence-electron chi connectivity index (χ2n) is 8.00. The van der Waals surface area contributed by atoms with Crippen molar-refractivity contribution in [2.24, 2.45) is 17.3 Å². The van der Waals surface area contributed by atoms with Gasteiger partial charge in [-0.1, -0.05) is 20.8 Å². The molecule has 0 aromatic rings. The van der Waals surface area contributed by atoms with Crippen LogP contribution in [0.3, 0.4) is 0 Å². The highest BCUT2D eigenvalue weighted by Gasteiger charge is 2.33. The maximum absolute atomic E-state index is 12.4. The Kier molecular flexibility index (Phi) is 5.11. The second-order valence-corrected chi connectivity index (χ2v) is 8.00. The standard InChI is InChI=1S/C17H32N2O/c1-12-11-15(9-10-18-12)19-16(20)13-5-7-14(8-6-13)17(2,3)4/h12-15,18H,5-11H2,1-4H3,(H,19,20). The maximum atomic E-state index is 12.4. The highest BCUT2D eigenvalue weighted by molar-refractivity contribution is 5.79. The Labute approximate surface area is 124 Å². The van der Waals surface area contributed by atoms with Gasteiger partial charge in [-0.05, 0) is 63.3 Å². The molecule has 1 amide bonds. The molecule has 1 saturated carbocycles. The molecule has 2 N–H and O–H groups in total. The number of nitrogens with one attached hydrogen (secondary N) is 2. The fourth-order valence-electron chi connectivity index (χ4n) is 3.80. The van der Waals surface area contributed by atoms with E-state index in [0.717, 1.165) is 38.1 Å². The van der Waals surface area contributed by atoms with E-state index in [-0.39, 0.29) is 5.92 Å². The Morgan fingerprint density at radius 1 is 1.10 bits per heavy atom. The van der Waals surface area contributed by atoms with E-state index in [0.29, 0.717) is 23.4 Å². The number of rotatable bonds is 2. The summed E-state index contributed by atoms with van der Waals surface area (Å²) in [6, 6.07) is 0.921. The first-order valence-electron chi connectivity index (χ1n) is 8.40. The largest absolute Gasteiger partial charge is 0.353 e. The maximum Gasteiger partial charge on any atom is 0.223 e. The van der Waals surface area contributed by atoms with Gasteiger partial charge in [0, 0.05) is 18.0 Å². The summed E-state index contributed by atoms with van der Waals surface area (Å²) in [5.41, 5.74) is 0.395. The van der Waals surface area contributed by atoms with Gasteiger partial charge in [-0.3, -0.25) is 4.79 Å². The molecular formula is C17H32N2O. The molecule has 0 spiro atoms. The van der Waals surface area contributed by atoms with E-state index in [9.17, 15) is 4.79 Å². The smallest absolute Gasteiger partial charge is 0.223 e. The van der Waals surface area contributed by atoms with Gasteiger partial charge in [0.15, 0.2) is 0 Å². The zero-order valence-corrected chi connectivity index (χ0v) is 13.7. The minimum absolute atomic E-state index is 0.263. The highest BCUT2D eigenvalue weighted by atomic mass is 16.1. The van der Waals surface area contributed by atoms with Crippen LogP contribution in [0.4, 0.5) is 0 Å². The summed E-state index contributed by atoms with van der Waals surface area (Å²) in [5, 5.41) is 6.73. The Balaban J connectivity index is 1.77. The van der Waals surface area contributed by atoms with Gasteiger partial charge in [0.25, 0.3) is 0 Å². The van der Waals surface area contributed by atoms with Gasteiger partial charge in [-0.25, -0.2) is 0 Å². The number of hydrogen-bond donors (Lipinski definition) is 2. The van der Waals surface area contributed by atoms with Crippen molar-refractivity contribution in [3.63, 3.8) is 0 Å². The van der Waals surface area contributed by atoms with Crippen molar-refractivity contribution in [1.82, 2.24) is 10.6 Å². The summed E-state index contributed by atoms with van der Waals surface area (Å²) in [7, 11) is 0. The van der Waals surface area contributed by atoms with Crippen LogP contribution < -0.4 is 10.6 Å². The molecule has 0 bridgehead atoms. The van der Waals surface area contributed by atoms with Crippen LogP contribution in [-0.2, 0) is 4.79 Å². The van der Waals surface area contributed by atoms with Crippen LogP contribution in [0, 0.1) is 17.3 Å². The average molecular weight is 280 g/mol. The molecular weight excluding hydrogens is 248 g/mol. The summed E-state index contributed by atoms with van der Waals surface area (Å²) < 4.78 is 0. The first-order chi connectivity index (χ1) is 9.36. The lowest BCUT2D eigenvalue weighted by atomic mass is 9.69. The van der Waals surface area contributed by atoms with Crippen LogP contribution in [0.1, 0.15) is 66.2 Å². The van der Waals surface area contributed by atoms with Gasteiger partial charge in [-0.2, -0.15) is 0 Å². The fraction of sp³-hybridized carbons (Fsp3) is 0.941. The van der Waals surface area contributed by atoms with E-state index in [1.54, 1.807) is 0 Å². The van der Waals surface area contributed by atoms with E-state index in [4.69, 9.17) is 0 Å². The van der Waals surface area contributed by atoms with Gasteiger partial charge in [0.1, 0.15) is 0 Å². The predicted octanol–water partition coefficient (Wildman–Crippen LogP) is 3.10. The van der Waals surface area contributed by atoms with Crippen LogP contribution >= 0.6 is 0 Å². The summed E-state index contributed by atoms with van der Waals surface area (Å²) in [5.74, 6) is 1.36. The lowest BCUT2D eigenvalue weighted by Gasteiger charge is -2.37. The third kappa shape index (κ3) is 4.21. The van der Waals surface area contributed by atoms with Crippen molar-refractivity contribution >= 4 is 5.91 Å². The molecule has 2 rings (SSSR count). The average Bonchev–Trinajstić information content (AvgIpc) is 2.38. The first kappa shape index (κ1) is 15.8. The van der Waals surface area contributed by atoms with Crippen LogP contribution in [0.15, 0.2) is 0 Å². The molecule has 3 nitrogen and oxygen atoms in total. The van der Waals surface area contributed by atoms with Gasteiger partial charge in [0.05, 0.1) is 0 Å². The molecule has 0 aromatic heterocycles. The molecule has 116 valence electrons. The molecule has 0 aromatic carbocycles. The van der Waals surface area contributed by atoms with Gasteiger partial charge in [-0.15, -0.1) is 0 Å². The SMILES string of the molecule is CC1CC(NC(=O)C2CCC(C(C)(C)C)CC2)CCN1. The van der Waals surface area contributed by atoms with Crippen molar-refractivity contribution < 1.29 is 4.79 Å². The molecule has 1 aliphatic heterocycles. The number of amides is 1. The minimum Gasteiger partial charge on any atom is -0.353 e. The lowest BCUT2D eigenvalue weighted by molar-refractivity contribution is -0.127. The number of piperidine rings is 1. The lowest BCUT2D eigenvalue weighted by Crippen LogP contribution is -2.48. The molecule has 1 saturated heterocycles. The van der Waals surface area contributed by atoms with Crippen molar-refractivity contribution in [2.45, 2.75) is 78.3 Å². The number of hydrogen-bond acceptors (Lipinski definition) is 2.